The normalized spacial score (nSPS) is 13.1. The summed E-state index contributed by atoms with van der Waals surface area (Å²) in [5.74, 6) is 6.01. The number of rotatable bonds is 5. The molecule has 1 aromatic rings. The number of nitrogens with two attached hydrogens (primary N) is 1. The first-order valence-corrected chi connectivity index (χ1v) is 5.29. The van der Waals surface area contributed by atoms with E-state index in [1.54, 1.807) is 6.26 Å². The minimum atomic E-state index is -0.255. The van der Waals surface area contributed by atoms with Crippen molar-refractivity contribution in [1.29, 1.82) is 0 Å². The van der Waals surface area contributed by atoms with Gasteiger partial charge >= 0.3 is 0 Å². The molecule has 0 fully saturated rings. The van der Waals surface area contributed by atoms with E-state index in [-0.39, 0.29) is 17.9 Å². The fraction of sp³-hybridized carbons (Fsp3) is 0.545. The van der Waals surface area contributed by atoms with E-state index >= 15 is 0 Å². The van der Waals surface area contributed by atoms with Crippen molar-refractivity contribution < 1.29 is 9.21 Å². The van der Waals surface area contributed by atoms with Crippen molar-refractivity contribution in [3.05, 3.63) is 24.2 Å². The monoisotopic (exact) mass is 225 g/mol. The summed E-state index contributed by atoms with van der Waals surface area (Å²) in [6.45, 7) is 4.56. The molecule has 1 rings (SSSR count). The highest BCUT2D eigenvalue weighted by molar-refractivity contribution is 5.81. The predicted octanol–water partition coefficient (Wildman–Crippen LogP) is 0.726. The van der Waals surface area contributed by atoms with Gasteiger partial charge in [0.2, 0.25) is 0 Å². The molecule has 0 saturated heterocycles. The Bertz CT molecular complexity index is 322. The van der Waals surface area contributed by atoms with Crippen LogP contribution in [0.2, 0.25) is 0 Å². The SMILES string of the molecule is CC(C)C(C(=O)NN)N(C)Cc1ccco1. The largest absolute Gasteiger partial charge is 0.468 e. The number of hydrazine groups is 1. The zero-order valence-electron chi connectivity index (χ0n) is 9.93. The third-order valence-electron chi connectivity index (χ3n) is 2.50. The zero-order chi connectivity index (χ0) is 12.1. The number of furan rings is 1. The first-order chi connectivity index (χ1) is 7.56. The van der Waals surface area contributed by atoms with E-state index in [4.69, 9.17) is 10.3 Å². The molecule has 0 aliphatic heterocycles. The summed E-state index contributed by atoms with van der Waals surface area (Å²) in [6, 6.07) is 3.46. The van der Waals surface area contributed by atoms with E-state index < -0.39 is 0 Å². The highest BCUT2D eigenvalue weighted by Crippen LogP contribution is 2.13. The lowest BCUT2D eigenvalue weighted by Crippen LogP contribution is -2.50. The van der Waals surface area contributed by atoms with Crippen molar-refractivity contribution in [2.75, 3.05) is 7.05 Å². The maximum atomic E-state index is 11.6. The van der Waals surface area contributed by atoms with Gasteiger partial charge in [-0.1, -0.05) is 13.8 Å². The fourth-order valence-electron chi connectivity index (χ4n) is 1.84. The number of likely N-dealkylation sites (N-methyl/N-ethyl adjacent to an activating group) is 1. The average Bonchev–Trinajstić information content (AvgIpc) is 2.69. The first-order valence-electron chi connectivity index (χ1n) is 5.29. The third kappa shape index (κ3) is 3.08. The molecule has 0 bridgehead atoms. The Hall–Kier alpha value is -1.33. The molecule has 1 unspecified atom stereocenters. The first kappa shape index (κ1) is 12.7. The summed E-state index contributed by atoms with van der Waals surface area (Å²) in [4.78, 5) is 13.5. The summed E-state index contributed by atoms with van der Waals surface area (Å²) in [5.41, 5.74) is 2.20. The van der Waals surface area contributed by atoms with Gasteiger partial charge in [0, 0.05) is 0 Å². The Kier molecular flexibility index (Phi) is 4.52. The molecular formula is C11H19N3O2. The highest BCUT2D eigenvalue weighted by atomic mass is 16.3. The second-order valence-corrected chi connectivity index (χ2v) is 4.19. The number of nitrogens with one attached hydrogen (secondary N) is 1. The Balaban J connectivity index is 2.68. The van der Waals surface area contributed by atoms with Crippen LogP contribution in [0.1, 0.15) is 19.6 Å². The van der Waals surface area contributed by atoms with Crippen molar-refractivity contribution >= 4 is 5.91 Å². The van der Waals surface area contributed by atoms with Crippen LogP contribution in [0.4, 0.5) is 0 Å². The molecule has 0 aliphatic carbocycles. The Labute approximate surface area is 95.6 Å². The van der Waals surface area contributed by atoms with Crippen LogP contribution in [0.25, 0.3) is 0 Å². The minimum Gasteiger partial charge on any atom is -0.468 e. The van der Waals surface area contributed by atoms with Gasteiger partial charge < -0.3 is 4.42 Å². The molecule has 0 saturated carbocycles. The van der Waals surface area contributed by atoms with Crippen LogP contribution in [0.5, 0.6) is 0 Å². The predicted molar refractivity (Wildman–Crippen MR) is 61.1 cm³/mol. The molecule has 16 heavy (non-hydrogen) atoms. The number of amides is 1. The van der Waals surface area contributed by atoms with E-state index in [0.717, 1.165) is 5.76 Å². The third-order valence-corrected chi connectivity index (χ3v) is 2.50. The molecule has 0 aromatic carbocycles. The van der Waals surface area contributed by atoms with Gasteiger partial charge in [0.05, 0.1) is 18.8 Å². The molecule has 3 N–H and O–H groups in total. The lowest BCUT2D eigenvalue weighted by atomic mass is 10.0. The van der Waals surface area contributed by atoms with Crippen LogP contribution in [0.15, 0.2) is 22.8 Å². The van der Waals surface area contributed by atoms with E-state index in [1.165, 1.54) is 0 Å². The van der Waals surface area contributed by atoms with Crippen LogP contribution in [-0.4, -0.2) is 23.9 Å². The van der Waals surface area contributed by atoms with Crippen LogP contribution in [-0.2, 0) is 11.3 Å². The van der Waals surface area contributed by atoms with Crippen molar-refractivity contribution in [3.63, 3.8) is 0 Å². The quantitative estimate of drug-likeness (QED) is 0.440. The van der Waals surface area contributed by atoms with Gasteiger partial charge in [-0.05, 0) is 25.1 Å². The maximum Gasteiger partial charge on any atom is 0.251 e. The van der Waals surface area contributed by atoms with Gasteiger partial charge in [-0.25, -0.2) is 5.84 Å². The topological polar surface area (TPSA) is 71.5 Å². The Morgan fingerprint density at radius 1 is 1.62 bits per heavy atom. The van der Waals surface area contributed by atoms with E-state index in [9.17, 15) is 4.79 Å². The summed E-state index contributed by atoms with van der Waals surface area (Å²) >= 11 is 0. The number of carbonyl (C=O) groups is 1. The van der Waals surface area contributed by atoms with E-state index in [2.05, 4.69) is 5.43 Å². The van der Waals surface area contributed by atoms with Crippen molar-refractivity contribution in [2.45, 2.75) is 26.4 Å². The maximum absolute atomic E-state index is 11.6. The second-order valence-electron chi connectivity index (χ2n) is 4.19. The van der Waals surface area contributed by atoms with Crippen molar-refractivity contribution in [1.82, 2.24) is 10.3 Å². The summed E-state index contributed by atoms with van der Waals surface area (Å²) in [7, 11) is 1.88. The average molecular weight is 225 g/mol. The number of hydrogen-bond donors (Lipinski definition) is 2. The van der Waals surface area contributed by atoms with Crippen LogP contribution in [0, 0.1) is 5.92 Å². The van der Waals surface area contributed by atoms with Crippen molar-refractivity contribution in [3.8, 4) is 0 Å². The van der Waals surface area contributed by atoms with Gasteiger partial charge in [0.25, 0.3) is 5.91 Å². The highest BCUT2D eigenvalue weighted by Gasteiger charge is 2.26. The number of carbonyl (C=O) groups excluding carboxylic acids is 1. The summed E-state index contributed by atoms with van der Waals surface area (Å²) in [5, 5.41) is 0. The molecule has 5 nitrogen and oxygen atoms in total. The second kappa shape index (κ2) is 5.67. The summed E-state index contributed by atoms with van der Waals surface area (Å²) < 4.78 is 5.24. The molecule has 90 valence electrons. The molecular weight excluding hydrogens is 206 g/mol. The van der Waals surface area contributed by atoms with Crippen molar-refractivity contribution in [2.24, 2.45) is 11.8 Å². The number of nitrogens with zero attached hydrogens (tertiary/aromatic N) is 1. The smallest absolute Gasteiger partial charge is 0.251 e. The molecule has 1 atom stereocenters. The van der Waals surface area contributed by atoms with E-state index in [0.29, 0.717) is 6.54 Å². The molecule has 0 radical (unpaired) electrons. The molecule has 1 heterocycles. The van der Waals surface area contributed by atoms with Crippen LogP contribution >= 0.6 is 0 Å². The standard InChI is InChI=1S/C11H19N3O2/c1-8(2)10(11(15)13-12)14(3)7-9-5-4-6-16-9/h4-6,8,10H,7,12H2,1-3H3,(H,13,15). The number of hydrogen-bond acceptors (Lipinski definition) is 4. The Morgan fingerprint density at radius 2 is 2.31 bits per heavy atom. The minimum absolute atomic E-state index is 0.177. The van der Waals surface area contributed by atoms with E-state index in [1.807, 2.05) is 37.9 Å². The zero-order valence-corrected chi connectivity index (χ0v) is 9.93. The lowest BCUT2D eigenvalue weighted by molar-refractivity contribution is -0.127. The molecule has 1 amide bonds. The van der Waals surface area contributed by atoms with Gasteiger partial charge in [-0.2, -0.15) is 0 Å². The molecule has 5 heteroatoms. The Morgan fingerprint density at radius 3 is 2.75 bits per heavy atom. The van der Waals surface area contributed by atoms with Crippen LogP contribution < -0.4 is 11.3 Å². The van der Waals surface area contributed by atoms with Gasteiger partial charge in [0.15, 0.2) is 0 Å². The molecule has 0 aliphatic rings. The van der Waals surface area contributed by atoms with Gasteiger partial charge in [-0.15, -0.1) is 0 Å². The summed E-state index contributed by atoms with van der Waals surface area (Å²) in [6.07, 6.45) is 1.62. The molecule has 1 aromatic heterocycles. The van der Waals surface area contributed by atoms with Gasteiger partial charge in [0.1, 0.15) is 5.76 Å². The lowest BCUT2D eigenvalue weighted by Gasteiger charge is -2.28. The van der Waals surface area contributed by atoms with Gasteiger partial charge in [-0.3, -0.25) is 15.1 Å². The van der Waals surface area contributed by atoms with Crippen LogP contribution in [0.3, 0.4) is 0 Å². The molecule has 0 spiro atoms. The fourth-order valence-corrected chi connectivity index (χ4v) is 1.84.